The van der Waals surface area contributed by atoms with Gasteiger partial charge in [-0.1, -0.05) is 0 Å². The first kappa shape index (κ1) is 23.8. The van der Waals surface area contributed by atoms with Crippen LogP contribution in [0.15, 0.2) is 23.5 Å². The summed E-state index contributed by atoms with van der Waals surface area (Å²) in [6.45, 7) is 0.887. The molecule has 0 spiro atoms. The molecule has 3 rings (SSSR count). The topological polar surface area (TPSA) is 128 Å². The van der Waals surface area contributed by atoms with E-state index in [1.54, 1.807) is 0 Å². The highest BCUT2D eigenvalue weighted by molar-refractivity contribution is 6.12. The molecule has 1 unspecified atom stereocenters. The Morgan fingerprint density at radius 2 is 1.88 bits per heavy atom. The third-order valence-electron chi connectivity index (χ3n) is 5.84. The van der Waals surface area contributed by atoms with Crippen molar-refractivity contribution in [3.05, 3.63) is 29.4 Å². The first-order chi connectivity index (χ1) is 14.7. The Morgan fingerprint density at radius 3 is 2.41 bits per heavy atom. The number of aliphatic hydroxyl groups is 1. The quantitative estimate of drug-likeness (QED) is 0.494. The molecular weight excluding hydrogens is 446 g/mol. The molecule has 2 saturated heterocycles. The van der Waals surface area contributed by atoms with Gasteiger partial charge in [-0.05, 0) is 25.8 Å². The smallest absolute Gasteiger partial charge is 0.401 e. The van der Waals surface area contributed by atoms with E-state index in [0.717, 1.165) is 6.20 Å². The summed E-state index contributed by atoms with van der Waals surface area (Å²) in [6.07, 6.45) is -11.0. The maximum Gasteiger partial charge on any atom is 0.451 e. The number of rotatable bonds is 2. The van der Waals surface area contributed by atoms with E-state index in [1.165, 1.54) is 11.0 Å². The minimum Gasteiger partial charge on any atom is -0.401 e. The third-order valence-corrected chi connectivity index (χ3v) is 5.84. The van der Waals surface area contributed by atoms with Crippen LogP contribution in [0.25, 0.3) is 0 Å². The number of nitrogens with one attached hydrogen (secondary N) is 2. The van der Waals surface area contributed by atoms with Gasteiger partial charge in [0.2, 0.25) is 5.82 Å². The van der Waals surface area contributed by atoms with Crippen molar-refractivity contribution in [3.63, 3.8) is 0 Å². The van der Waals surface area contributed by atoms with Gasteiger partial charge in [0.1, 0.15) is 17.1 Å². The molecule has 5 N–H and O–H groups in total. The number of aliphatic hydroxyl groups excluding tert-OH is 1. The molecule has 3 heterocycles. The number of amides is 1. The zero-order valence-corrected chi connectivity index (χ0v) is 16.7. The molecule has 0 bridgehead atoms. The van der Waals surface area contributed by atoms with E-state index in [9.17, 15) is 36.2 Å². The van der Waals surface area contributed by atoms with Gasteiger partial charge in [0.05, 0.1) is 0 Å². The second kappa shape index (κ2) is 7.90. The number of nitrogens with two attached hydrogens (primary N) is 1. The van der Waals surface area contributed by atoms with E-state index in [1.807, 2.05) is 5.32 Å². The number of nitrogens with zero attached hydrogens (tertiary/aromatic N) is 3. The molecule has 8 nitrogen and oxygen atoms in total. The highest BCUT2D eigenvalue weighted by Crippen LogP contribution is 2.50. The Balaban J connectivity index is 1.87. The van der Waals surface area contributed by atoms with Crippen molar-refractivity contribution in [2.45, 2.75) is 38.2 Å². The van der Waals surface area contributed by atoms with Gasteiger partial charge >= 0.3 is 12.4 Å². The fourth-order valence-corrected chi connectivity index (χ4v) is 3.94. The number of hydrogen-bond donors (Lipinski definition) is 4. The van der Waals surface area contributed by atoms with Crippen molar-refractivity contribution in [2.24, 2.45) is 17.1 Å². The third kappa shape index (κ3) is 3.98. The van der Waals surface area contributed by atoms with Crippen LogP contribution in [0, 0.1) is 16.7 Å². The van der Waals surface area contributed by atoms with Crippen molar-refractivity contribution in [2.75, 3.05) is 18.0 Å². The van der Waals surface area contributed by atoms with Crippen LogP contribution >= 0.6 is 0 Å². The van der Waals surface area contributed by atoms with Gasteiger partial charge in [-0.15, -0.1) is 0 Å². The number of alkyl halides is 6. The Kier molecular flexibility index (Phi) is 5.87. The minimum absolute atomic E-state index is 0.0187. The van der Waals surface area contributed by atoms with Gasteiger partial charge in [-0.3, -0.25) is 10.2 Å². The van der Waals surface area contributed by atoms with Crippen LogP contribution in [-0.4, -0.2) is 52.2 Å². The monoisotopic (exact) mass is 466 g/mol. The van der Waals surface area contributed by atoms with Gasteiger partial charge in [0.15, 0.2) is 6.10 Å². The van der Waals surface area contributed by atoms with E-state index in [2.05, 4.69) is 9.97 Å². The molecule has 0 aromatic carbocycles. The van der Waals surface area contributed by atoms with Crippen molar-refractivity contribution in [3.8, 4) is 0 Å². The van der Waals surface area contributed by atoms with E-state index < -0.39 is 52.9 Å². The average molecular weight is 466 g/mol. The molecule has 2 aliphatic heterocycles. The summed E-state index contributed by atoms with van der Waals surface area (Å²) in [4.78, 5) is 20.0. The number of halogens is 6. The van der Waals surface area contributed by atoms with Gasteiger partial charge in [-0.2, -0.15) is 26.3 Å². The van der Waals surface area contributed by atoms with E-state index in [-0.39, 0.29) is 37.4 Å². The van der Waals surface area contributed by atoms with Crippen molar-refractivity contribution in [1.82, 2.24) is 15.3 Å². The van der Waals surface area contributed by atoms with Crippen LogP contribution in [-0.2, 0) is 11.0 Å². The van der Waals surface area contributed by atoms with Crippen LogP contribution in [0.2, 0.25) is 0 Å². The molecule has 1 amide bonds. The average Bonchev–Trinajstić information content (AvgIpc) is 2.71. The molecule has 0 aliphatic carbocycles. The highest BCUT2D eigenvalue weighted by atomic mass is 19.4. The first-order valence-corrected chi connectivity index (χ1v) is 9.47. The Hall–Kier alpha value is -2.90. The molecule has 2 aliphatic rings. The Bertz CT molecular complexity index is 954. The van der Waals surface area contributed by atoms with Crippen LogP contribution < -0.4 is 16.0 Å². The molecule has 32 heavy (non-hydrogen) atoms. The molecule has 14 heteroatoms. The predicted molar refractivity (Wildman–Crippen MR) is 99.2 cm³/mol. The fourth-order valence-electron chi connectivity index (χ4n) is 3.94. The lowest BCUT2D eigenvalue weighted by Gasteiger charge is -2.43. The number of aromatic nitrogens is 2. The lowest BCUT2D eigenvalue weighted by Crippen LogP contribution is -2.62. The SMILES string of the molecule is C[C@]1(C(F)(F)F)C(=C(N)C2CCN(c3ccnc(C(F)(F)F)n3)CC2)C(=N)NC(=O)C1O. The van der Waals surface area contributed by atoms with E-state index >= 15 is 0 Å². The summed E-state index contributed by atoms with van der Waals surface area (Å²) in [6, 6.07) is 1.29. The largest absolute Gasteiger partial charge is 0.451 e. The first-order valence-electron chi connectivity index (χ1n) is 9.47. The standard InChI is InChI=1S/C18H20F6N6O2/c1-16(18(22,23)24)10(13(26)29-14(32)12(16)31)11(25)8-3-6-30(7-4-8)9-2-5-27-15(28-9)17(19,20)21/h2,5,8,12,31H,3-4,6-7,25H2,1H3,(H2,26,29,32)/t12?,16-/m0/s1. The lowest BCUT2D eigenvalue weighted by atomic mass is 9.70. The van der Waals surface area contributed by atoms with Crippen molar-refractivity contribution >= 4 is 17.6 Å². The summed E-state index contributed by atoms with van der Waals surface area (Å²) in [5, 5.41) is 19.8. The number of amidine groups is 1. The normalized spacial score (nSPS) is 27.4. The van der Waals surface area contributed by atoms with Crippen LogP contribution in [0.3, 0.4) is 0 Å². The van der Waals surface area contributed by atoms with Gasteiger partial charge in [0.25, 0.3) is 5.91 Å². The second-order valence-electron chi connectivity index (χ2n) is 7.79. The van der Waals surface area contributed by atoms with Gasteiger partial charge in [0, 0.05) is 36.5 Å². The summed E-state index contributed by atoms with van der Waals surface area (Å²) >= 11 is 0. The summed E-state index contributed by atoms with van der Waals surface area (Å²) < 4.78 is 80.2. The molecule has 1 aromatic rings. The molecular formula is C18H20F6N6O2. The zero-order valence-electron chi connectivity index (χ0n) is 16.7. The summed E-state index contributed by atoms with van der Waals surface area (Å²) in [7, 11) is 0. The summed E-state index contributed by atoms with van der Waals surface area (Å²) in [5.74, 6) is -4.14. The number of carbonyl (C=O) groups excluding carboxylic acids is 1. The van der Waals surface area contributed by atoms with Crippen molar-refractivity contribution in [1.29, 1.82) is 5.41 Å². The van der Waals surface area contributed by atoms with Gasteiger partial charge < -0.3 is 21.1 Å². The highest BCUT2D eigenvalue weighted by Gasteiger charge is 2.64. The second-order valence-corrected chi connectivity index (χ2v) is 7.79. The van der Waals surface area contributed by atoms with Crippen molar-refractivity contribution < 1.29 is 36.2 Å². The van der Waals surface area contributed by atoms with Crippen LogP contribution in [0.1, 0.15) is 25.6 Å². The van der Waals surface area contributed by atoms with Crippen LogP contribution in [0.5, 0.6) is 0 Å². The molecule has 0 saturated carbocycles. The Labute approximate surface area is 178 Å². The molecule has 2 fully saturated rings. The number of carbonyl (C=O) groups is 1. The molecule has 0 radical (unpaired) electrons. The number of piperidine rings is 2. The Morgan fingerprint density at radius 1 is 1.28 bits per heavy atom. The number of hydrogen-bond acceptors (Lipinski definition) is 7. The summed E-state index contributed by atoms with van der Waals surface area (Å²) in [5.41, 5.74) is 1.95. The number of anilines is 1. The predicted octanol–water partition coefficient (Wildman–Crippen LogP) is 1.96. The van der Waals surface area contributed by atoms with Crippen LogP contribution in [0.4, 0.5) is 32.2 Å². The van der Waals surface area contributed by atoms with E-state index in [0.29, 0.717) is 6.92 Å². The zero-order chi connectivity index (χ0) is 24.1. The maximum atomic E-state index is 13.9. The lowest BCUT2D eigenvalue weighted by molar-refractivity contribution is -0.231. The van der Waals surface area contributed by atoms with E-state index in [4.69, 9.17) is 11.1 Å². The maximum absolute atomic E-state index is 13.9. The minimum atomic E-state index is -5.08. The van der Waals surface area contributed by atoms with Gasteiger partial charge in [-0.25, -0.2) is 9.97 Å². The number of allylic oxidation sites excluding steroid dienone is 1. The fraction of sp³-hybridized carbons (Fsp3) is 0.556. The molecule has 1 aromatic heterocycles. The molecule has 2 atom stereocenters. The molecule has 176 valence electrons.